The Kier molecular flexibility index (Phi) is 28.1. The molecule has 0 aromatic rings. The van der Waals surface area contributed by atoms with Gasteiger partial charge in [0.25, 0.3) is 0 Å². The van der Waals surface area contributed by atoms with Crippen molar-refractivity contribution in [3.8, 4) is 0 Å². The number of allylic oxidation sites excluding steroid dienone is 2. The lowest BCUT2D eigenvalue weighted by Gasteiger charge is -2.36. The molecule has 0 rings (SSSR count). The van der Waals surface area contributed by atoms with Crippen LogP contribution in [0.4, 0.5) is 0 Å². The van der Waals surface area contributed by atoms with Crippen LogP contribution in [0.2, 0.25) is 0 Å². The van der Waals surface area contributed by atoms with E-state index in [-0.39, 0.29) is 17.0 Å². The van der Waals surface area contributed by atoms with Gasteiger partial charge in [-0.15, -0.1) is 0 Å². The maximum absolute atomic E-state index is 13.3. The van der Waals surface area contributed by atoms with E-state index in [0.29, 0.717) is 5.91 Å². The van der Waals surface area contributed by atoms with E-state index in [1.807, 2.05) is 0 Å². The summed E-state index contributed by atoms with van der Waals surface area (Å²) in [5.74, 6) is 0.540. The standard InChI is InChI=1S/C30H60NO.BrH/c1-5-9-13-14-15-16-17-18-19-20-21-22-23-24-25-26-30(32)31(27-10-6-2,28-11-7-3)29-12-8-4;/h18-19H,5-17,20-29H2,1-4H3;1H/q+1;/p-1. The molecule has 0 spiro atoms. The monoisotopic (exact) mass is 529 g/mol. The summed E-state index contributed by atoms with van der Waals surface area (Å²) in [6, 6.07) is 0. The van der Waals surface area contributed by atoms with Crippen LogP contribution in [-0.2, 0) is 4.79 Å². The average Bonchev–Trinajstić information content (AvgIpc) is 2.81. The molecule has 0 fully saturated rings. The highest BCUT2D eigenvalue weighted by Crippen LogP contribution is 2.19. The lowest BCUT2D eigenvalue weighted by molar-refractivity contribution is -0.855. The van der Waals surface area contributed by atoms with Gasteiger partial charge in [0.15, 0.2) is 0 Å². The summed E-state index contributed by atoms with van der Waals surface area (Å²) in [4.78, 5) is 13.3. The van der Waals surface area contributed by atoms with Crippen molar-refractivity contribution in [2.45, 2.75) is 156 Å². The van der Waals surface area contributed by atoms with Crippen LogP contribution in [0.5, 0.6) is 0 Å². The minimum Gasteiger partial charge on any atom is -1.00 e. The van der Waals surface area contributed by atoms with E-state index in [1.165, 1.54) is 116 Å². The van der Waals surface area contributed by atoms with Crippen molar-refractivity contribution in [1.29, 1.82) is 0 Å². The fraction of sp³-hybridized carbons (Fsp3) is 0.900. The van der Waals surface area contributed by atoms with E-state index in [0.717, 1.165) is 37.0 Å². The molecule has 0 atom stereocenters. The number of carbonyl (C=O) groups is 1. The molecule has 1 amide bonds. The molecule has 2 nitrogen and oxygen atoms in total. The number of unbranched alkanes of at least 4 members (excludes halogenated alkanes) is 14. The van der Waals surface area contributed by atoms with E-state index in [4.69, 9.17) is 0 Å². The highest BCUT2D eigenvalue weighted by Gasteiger charge is 2.33. The summed E-state index contributed by atoms with van der Waals surface area (Å²) in [6.45, 7) is 12.2. The zero-order valence-electron chi connectivity index (χ0n) is 23.2. The quantitative estimate of drug-likeness (QED) is 0.0765. The number of quaternary nitrogens is 1. The second-order valence-electron chi connectivity index (χ2n) is 10.1. The van der Waals surface area contributed by atoms with Crippen LogP contribution in [0.3, 0.4) is 0 Å². The molecule has 0 aliphatic carbocycles. The highest BCUT2D eigenvalue weighted by atomic mass is 79.9. The van der Waals surface area contributed by atoms with Gasteiger partial charge in [0.05, 0.1) is 26.1 Å². The molecule has 0 N–H and O–H groups in total. The Morgan fingerprint density at radius 1 is 0.515 bits per heavy atom. The molecule has 0 aliphatic heterocycles. The zero-order chi connectivity index (χ0) is 23.8. The second-order valence-corrected chi connectivity index (χ2v) is 10.1. The maximum Gasteiger partial charge on any atom is 0.313 e. The predicted octanol–water partition coefficient (Wildman–Crippen LogP) is 6.77. The molecule has 0 saturated heterocycles. The molecule has 0 bridgehead atoms. The first-order chi connectivity index (χ1) is 15.7. The van der Waals surface area contributed by atoms with E-state index in [2.05, 4.69) is 39.8 Å². The summed E-state index contributed by atoms with van der Waals surface area (Å²) in [6.07, 6.45) is 29.8. The Morgan fingerprint density at radius 3 is 1.30 bits per heavy atom. The average molecular weight is 531 g/mol. The van der Waals surface area contributed by atoms with Gasteiger partial charge < -0.3 is 17.0 Å². The zero-order valence-corrected chi connectivity index (χ0v) is 24.7. The van der Waals surface area contributed by atoms with Crippen molar-refractivity contribution >= 4 is 5.91 Å². The van der Waals surface area contributed by atoms with Gasteiger partial charge in [0.2, 0.25) is 0 Å². The van der Waals surface area contributed by atoms with Crippen molar-refractivity contribution in [3.63, 3.8) is 0 Å². The normalized spacial score (nSPS) is 11.8. The minimum absolute atomic E-state index is 0. The van der Waals surface area contributed by atoms with Gasteiger partial charge in [-0.3, -0.25) is 4.48 Å². The number of hydrogen-bond donors (Lipinski definition) is 0. The molecule has 33 heavy (non-hydrogen) atoms. The van der Waals surface area contributed by atoms with Crippen molar-refractivity contribution in [3.05, 3.63) is 12.2 Å². The molecular weight excluding hydrogens is 470 g/mol. The van der Waals surface area contributed by atoms with Gasteiger partial charge in [-0.25, -0.2) is 4.79 Å². The summed E-state index contributed by atoms with van der Waals surface area (Å²) in [5, 5.41) is 0. The molecule has 0 heterocycles. The molecule has 0 unspecified atom stereocenters. The predicted molar refractivity (Wildman–Crippen MR) is 144 cm³/mol. The maximum atomic E-state index is 13.3. The van der Waals surface area contributed by atoms with Crippen molar-refractivity contribution < 1.29 is 26.3 Å². The number of halogens is 1. The Bertz CT molecular complexity index is 413. The molecule has 198 valence electrons. The number of amides is 1. The lowest BCUT2D eigenvalue weighted by Crippen LogP contribution is -3.00. The van der Waals surface area contributed by atoms with E-state index in [9.17, 15) is 4.79 Å². The molecule has 0 aromatic carbocycles. The molecule has 3 heteroatoms. The third kappa shape index (κ3) is 19.8. The Morgan fingerprint density at radius 2 is 0.879 bits per heavy atom. The van der Waals surface area contributed by atoms with Gasteiger partial charge in [0, 0.05) is 0 Å². The number of rotatable bonds is 24. The molecule has 0 saturated carbocycles. The van der Waals surface area contributed by atoms with E-state index >= 15 is 0 Å². The summed E-state index contributed by atoms with van der Waals surface area (Å²) in [5.41, 5.74) is 0. The molecule has 0 radical (unpaired) electrons. The number of hydrogen-bond acceptors (Lipinski definition) is 1. The van der Waals surface area contributed by atoms with Gasteiger partial charge in [-0.05, 0) is 51.4 Å². The second kappa shape index (κ2) is 26.5. The largest absolute Gasteiger partial charge is 1.00 e. The van der Waals surface area contributed by atoms with Crippen LogP contribution in [-0.4, -0.2) is 30.0 Å². The summed E-state index contributed by atoms with van der Waals surface area (Å²) in [7, 11) is 0. The Balaban J connectivity index is 0. The lowest BCUT2D eigenvalue weighted by atomic mass is 10.1. The van der Waals surface area contributed by atoms with Crippen LogP contribution < -0.4 is 17.0 Å². The van der Waals surface area contributed by atoms with Crippen LogP contribution in [0.1, 0.15) is 156 Å². The first kappa shape index (κ1) is 35.0. The highest BCUT2D eigenvalue weighted by molar-refractivity contribution is 5.69. The topological polar surface area (TPSA) is 17.1 Å². The fourth-order valence-corrected chi connectivity index (χ4v) is 4.68. The smallest absolute Gasteiger partial charge is 0.313 e. The van der Waals surface area contributed by atoms with Crippen LogP contribution in [0, 0.1) is 0 Å². The number of nitrogens with zero attached hydrogens (tertiary/aromatic N) is 1. The first-order valence-electron chi connectivity index (χ1n) is 14.7. The Hall–Kier alpha value is -0.150. The van der Waals surface area contributed by atoms with Gasteiger partial charge in [0.1, 0.15) is 0 Å². The summed E-state index contributed by atoms with van der Waals surface area (Å²) >= 11 is 0. The van der Waals surface area contributed by atoms with Gasteiger partial charge in [-0.2, -0.15) is 0 Å². The van der Waals surface area contributed by atoms with Crippen molar-refractivity contribution in [2.75, 3.05) is 19.6 Å². The Labute approximate surface area is 219 Å². The summed E-state index contributed by atoms with van der Waals surface area (Å²) < 4.78 is 0.777. The third-order valence-corrected chi connectivity index (χ3v) is 7.00. The van der Waals surface area contributed by atoms with E-state index < -0.39 is 0 Å². The van der Waals surface area contributed by atoms with E-state index in [1.54, 1.807) is 0 Å². The van der Waals surface area contributed by atoms with Gasteiger partial charge >= 0.3 is 5.91 Å². The van der Waals surface area contributed by atoms with Crippen molar-refractivity contribution in [1.82, 2.24) is 0 Å². The van der Waals surface area contributed by atoms with Crippen LogP contribution >= 0.6 is 0 Å². The third-order valence-electron chi connectivity index (χ3n) is 7.00. The van der Waals surface area contributed by atoms with Crippen LogP contribution in [0.15, 0.2) is 12.2 Å². The van der Waals surface area contributed by atoms with Gasteiger partial charge in [-0.1, -0.05) is 110 Å². The van der Waals surface area contributed by atoms with Crippen molar-refractivity contribution in [2.24, 2.45) is 0 Å². The van der Waals surface area contributed by atoms with Crippen LogP contribution in [0.25, 0.3) is 0 Å². The molecular formula is C30H60BrNO. The minimum atomic E-state index is 0. The SMILES string of the molecule is CCCCCCCCC=CCCCCCCCC(=O)[N+](CCCC)(CCCC)CCCC.[Br-]. The molecule has 0 aliphatic rings. The molecule has 0 aromatic heterocycles. The first-order valence-corrected chi connectivity index (χ1v) is 14.7. The number of carbonyl (C=O) groups excluding carboxylic acids is 1. The fourth-order valence-electron chi connectivity index (χ4n) is 4.68.